The van der Waals surface area contributed by atoms with E-state index in [2.05, 4.69) is 9.88 Å². The number of aliphatic hydroxyl groups is 1. The zero-order valence-electron chi connectivity index (χ0n) is 13.0. The van der Waals surface area contributed by atoms with E-state index in [1.165, 1.54) is 12.0 Å². The van der Waals surface area contributed by atoms with Gasteiger partial charge < -0.3 is 15.2 Å². The van der Waals surface area contributed by atoms with E-state index < -0.39 is 0 Å². The molecule has 2 heterocycles. The molecule has 3 N–H and O–H groups in total. The number of fused-ring (bicyclic) bond motifs is 1. The quantitative estimate of drug-likeness (QED) is 0.811. The van der Waals surface area contributed by atoms with Crippen LogP contribution in [-0.4, -0.2) is 45.8 Å². The van der Waals surface area contributed by atoms with Gasteiger partial charge in [0, 0.05) is 29.7 Å². The second-order valence-corrected chi connectivity index (χ2v) is 5.31. The van der Waals surface area contributed by atoms with Gasteiger partial charge in [-0.15, -0.1) is 0 Å². The van der Waals surface area contributed by atoms with Crippen LogP contribution in [0.15, 0.2) is 24.4 Å². The van der Waals surface area contributed by atoms with E-state index in [1.807, 2.05) is 32.2 Å². The van der Waals surface area contributed by atoms with Crippen molar-refractivity contribution in [3.8, 4) is 5.75 Å². The number of phenols is 1. The van der Waals surface area contributed by atoms with Crippen molar-refractivity contribution >= 4 is 10.9 Å². The monoisotopic (exact) mass is 290 g/mol. The van der Waals surface area contributed by atoms with Crippen LogP contribution >= 0.6 is 0 Å². The summed E-state index contributed by atoms with van der Waals surface area (Å²) >= 11 is 0. The van der Waals surface area contributed by atoms with E-state index in [0.717, 1.165) is 36.8 Å². The summed E-state index contributed by atoms with van der Waals surface area (Å²) in [5, 5.41) is 20.0. The summed E-state index contributed by atoms with van der Waals surface area (Å²) in [6.45, 7) is 6.31. The topological polar surface area (TPSA) is 59.5 Å². The largest absolute Gasteiger partial charge is 0.508 e. The number of aliphatic hydroxyl groups excluding tert-OH is 1. The molecule has 4 heteroatoms. The van der Waals surface area contributed by atoms with Gasteiger partial charge in [0.25, 0.3) is 0 Å². The Morgan fingerprint density at radius 3 is 2.90 bits per heavy atom. The van der Waals surface area contributed by atoms with E-state index in [0.29, 0.717) is 11.8 Å². The van der Waals surface area contributed by atoms with Crippen LogP contribution in [0.3, 0.4) is 0 Å². The van der Waals surface area contributed by atoms with E-state index in [1.54, 1.807) is 6.07 Å². The summed E-state index contributed by atoms with van der Waals surface area (Å²) in [7, 11) is 0. The molecule has 0 spiro atoms. The first-order valence-electron chi connectivity index (χ1n) is 7.92. The highest BCUT2D eigenvalue weighted by atomic mass is 16.3. The highest BCUT2D eigenvalue weighted by Crippen LogP contribution is 2.24. The third-order valence-corrected chi connectivity index (χ3v) is 4.13. The molecule has 1 aromatic heterocycles. The van der Waals surface area contributed by atoms with Crippen LogP contribution in [-0.2, 0) is 6.42 Å². The van der Waals surface area contributed by atoms with Crippen molar-refractivity contribution in [1.29, 1.82) is 0 Å². The smallest absolute Gasteiger partial charge is 0.116 e. The molecule has 0 saturated carbocycles. The first-order valence-corrected chi connectivity index (χ1v) is 7.92. The van der Waals surface area contributed by atoms with Gasteiger partial charge in [0.1, 0.15) is 5.75 Å². The SMILES string of the molecule is CC.OCC1CCCN1CCc1c[nH]c2ccc(O)cc12. The van der Waals surface area contributed by atoms with Gasteiger partial charge in [0.15, 0.2) is 0 Å². The van der Waals surface area contributed by atoms with Crippen molar-refractivity contribution in [2.24, 2.45) is 0 Å². The van der Waals surface area contributed by atoms with Gasteiger partial charge in [-0.2, -0.15) is 0 Å². The molecule has 1 aliphatic rings. The van der Waals surface area contributed by atoms with Crippen LogP contribution in [0.4, 0.5) is 0 Å². The molecule has 116 valence electrons. The Labute approximate surface area is 126 Å². The molecule has 4 nitrogen and oxygen atoms in total. The minimum atomic E-state index is 0.259. The Balaban J connectivity index is 0.000000774. The lowest BCUT2D eigenvalue weighted by atomic mass is 10.1. The molecule has 1 saturated heterocycles. The number of nitrogens with zero attached hydrogens (tertiary/aromatic N) is 1. The fourth-order valence-corrected chi connectivity index (χ4v) is 3.03. The van der Waals surface area contributed by atoms with E-state index in [4.69, 9.17) is 0 Å². The Morgan fingerprint density at radius 2 is 2.14 bits per heavy atom. The number of aromatic nitrogens is 1. The van der Waals surface area contributed by atoms with Crippen LogP contribution in [0.1, 0.15) is 32.3 Å². The third kappa shape index (κ3) is 3.57. The maximum absolute atomic E-state index is 9.58. The maximum Gasteiger partial charge on any atom is 0.116 e. The number of phenolic OH excluding ortho intramolecular Hbond substituents is 1. The maximum atomic E-state index is 9.58. The van der Waals surface area contributed by atoms with E-state index in [-0.39, 0.29) is 6.61 Å². The lowest BCUT2D eigenvalue weighted by Gasteiger charge is -2.22. The predicted octanol–water partition coefficient (Wildman–Crippen LogP) is 2.90. The highest BCUT2D eigenvalue weighted by Gasteiger charge is 2.23. The van der Waals surface area contributed by atoms with Gasteiger partial charge in [-0.25, -0.2) is 0 Å². The summed E-state index contributed by atoms with van der Waals surface area (Å²) in [6.07, 6.45) is 5.25. The predicted molar refractivity (Wildman–Crippen MR) is 86.7 cm³/mol. The fourth-order valence-electron chi connectivity index (χ4n) is 3.03. The lowest BCUT2D eigenvalue weighted by molar-refractivity contribution is 0.160. The first kappa shape index (κ1) is 15.9. The number of aromatic hydroxyl groups is 1. The van der Waals surface area contributed by atoms with Crippen LogP contribution in [0.25, 0.3) is 10.9 Å². The molecular formula is C17H26N2O2. The number of benzene rings is 1. The molecule has 2 aromatic rings. The Kier molecular flexibility index (Phi) is 5.65. The van der Waals surface area contributed by atoms with Gasteiger partial charge in [-0.05, 0) is 49.6 Å². The minimum Gasteiger partial charge on any atom is -0.508 e. The number of nitrogens with one attached hydrogen (secondary N) is 1. The van der Waals surface area contributed by atoms with Crippen LogP contribution in [0.5, 0.6) is 5.75 Å². The van der Waals surface area contributed by atoms with Crippen LogP contribution in [0.2, 0.25) is 0 Å². The van der Waals surface area contributed by atoms with Crippen molar-refractivity contribution in [2.75, 3.05) is 19.7 Å². The first-order chi connectivity index (χ1) is 10.3. The van der Waals surface area contributed by atoms with E-state index >= 15 is 0 Å². The van der Waals surface area contributed by atoms with Gasteiger partial charge in [-0.3, -0.25) is 4.90 Å². The molecule has 1 unspecified atom stereocenters. The summed E-state index contributed by atoms with van der Waals surface area (Å²) < 4.78 is 0. The normalized spacial score (nSPS) is 18.7. The van der Waals surface area contributed by atoms with E-state index in [9.17, 15) is 10.2 Å². The van der Waals surface area contributed by atoms with Crippen molar-refractivity contribution < 1.29 is 10.2 Å². The van der Waals surface area contributed by atoms with Crippen LogP contribution < -0.4 is 0 Å². The molecule has 1 atom stereocenters. The summed E-state index contributed by atoms with van der Waals surface area (Å²) in [5.74, 6) is 0.308. The standard InChI is InChI=1S/C15H20N2O2.C2H6/c18-10-12-2-1-6-17(12)7-5-11-9-16-15-4-3-13(19)8-14(11)15;1-2/h3-4,8-9,12,16,18-19H,1-2,5-7,10H2;1-2H3. The highest BCUT2D eigenvalue weighted by molar-refractivity contribution is 5.84. The summed E-state index contributed by atoms with van der Waals surface area (Å²) in [4.78, 5) is 5.60. The fraction of sp³-hybridized carbons (Fsp3) is 0.529. The number of hydrogen-bond acceptors (Lipinski definition) is 3. The molecule has 0 radical (unpaired) electrons. The number of aromatic amines is 1. The molecule has 3 rings (SSSR count). The minimum absolute atomic E-state index is 0.259. The molecule has 1 aliphatic heterocycles. The number of hydrogen-bond donors (Lipinski definition) is 3. The molecule has 0 amide bonds. The van der Waals surface area contributed by atoms with Crippen molar-refractivity contribution in [2.45, 2.75) is 39.2 Å². The Hall–Kier alpha value is -1.52. The molecule has 1 aromatic carbocycles. The molecule has 21 heavy (non-hydrogen) atoms. The average molecular weight is 290 g/mol. The molecular weight excluding hydrogens is 264 g/mol. The Morgan fingerprint density at radius 1 is 1.33 bits per heavy atom. The number of H-pyrrole nitrogens is 1. The summed E-state index contributed by atoms with van der Waals surface area (Å²) in [6, 6.07) is 5.75. The zero-order valence-corrected chi connectivity index (χ0v) is 13.0. The van der Waals surface area contributed by atoms with Crippen molar-refractivity contribution in [3.63, 3.8) is 0 Å². The Bertz CT molecular complexity index is 565. The van der Waals surface area contributed by atoms with Gasteiger partial charge >= 0.3 is 0 Å². The number of likely N-dealkylation sites (tertiary alicyclic amines) is 1. The average Bonchev–Trinajstić information content (AvgIpc) is 3.13. The van der Waals surface area contributed by atoms with Gasteiger partial charge in [0.2, 0.25) is 0 Å². The van der Waals surface area contributed by atoms with Crippen molar-refractivity contribution in [3.05, 3.63) is 30.0 Å². The zero-order chi connectivity index (χ0) is 15.2. The molecule has 0 aliphatic carbocycles. The second kappa shape index (κ2) is 7.48. The number of rotatable bonds is 4. The van der Waals surface area contributed by atoms with Gasteiger partial charge in [0.05, 0.1) is 6.61 Å². The van der Waals surface area contributed by atoms with Gasteiger partial charge in [-0.1, -0.05) is 13.8 Å². The lowest BCUT2D eigenvalue weighted by Crippen LogP contribution is -2.33. The third-order valence-electron chi connectivity index (χ3n) is 4.13. The summed E-state index contributed by atoms with van der Waals surface area (Å²) in [5.41, 5.74) is 2.29. The van der Waals surface area contributed by atoms with Crippen LogP contribution in [0, 0.1) is 0 Å². The second-order valence-electron chi connectivity index (χ2n) is 5.31. The van der Waals surface area contributed by atoms with Crippen molar-refractivity contribution in [1.82, 2.24) is 9.88 Å². The molecule has 0 bridgehead atoms. The molecule has 1 fully saturated rings.